The Balaban J connectivity index is 2.31. The lowest BCUT2D eigenvalue weighted by atomic mass is 9.99. The molecule has 1 atom stereocenters. The maximum Gasteiger partial charge on any atom is 0.155 e. The quantitative estimate of drug-likeness (QED) is 0.759. The molecule has 0 saturated heterocycles. The molecule has 1 aromatic heterocycles. The normalized spacial score (nSPS) is 18.7. The minimum absolute atomic E-state index is 0.423. The van der Waals surface area contributed by atoms with Gasteiger partial charge in [0.2, 0.25) is 0 Å². The van der Waals surface area contributed by atoms with Gasteiger partial charge in [0.15, 0.2) is 10.3 Å². The average Bonchev–Trinajstić information content (AvgIpc) is 2.91. The Bertz CT molecular complexity index is 323. The molecule has 2 rings (SSSR count). The predicted octanol–water partition coefficient (Wildman–Crippen LogP) is 3.30. The molecule has 1 saturated carbocycles. The van der Waals surface area contributed by atoms with Crippen molar-refractivity contribution in [1.29, 1.82) is 0 Å². The molecular weight excluding hydrogens is 207 g/mol. The second-order valence-electron chi connectivity index (χ2n) is 3.54. The SMILES string of the molecule is CC(c1cc(Cl)nnc1Cl)C1CC1. The van der Waals surface area contributed by atoms with Gasteiger partial charge in [-0.05, 0) is 36.3 Å². The van der Waals surface area contributed by atoms with Crippen molar-refractivity contribution in [3.8, 4) is 0 Å². The van der Waals surface area contributed by atoms with Crippen LogP contribution in [0.15, 0.2) is 6.07 Å². The predicted molar refractivity (Wildman–Crippen MR) is 53.2 cm³/mol. The smallest absolute Gasteiger partial charge is 0.137 e. The number of aromatic nitrogens is 2. The van der Waals surface area contributed by atoms with Gasteiger partial charge in [-0.3, -0.25) is 0 Å². The molecule has 0 N–H and O–H groups in total. The van der Waals surface area contributed by atoms with Crippen LogP contribution in [-0.2, 0) is 0 Å². The van der Waals surface area contributed by atoms with Crippen molar-refractivity contribution in [3.63, 3.8) is 0 Å². The van der Waals surface area contributed by atoms with Crippen LogP contribution in [-0.4, -0.2) is 10.2 Å². The van der Waals surface area contributed by atoms with E-state index in [0.29, 0.717) is 16.2 Å². The van der Waals surface area contributed by atoms with Crippen LogP contribution < -0.4 is 0 Å². The summed E-state index contributed by atoms with van der Waals surface area (Å²) >= 11 is 11.7. The number of nitrogens with zero attached hydrogens (tertiary/aromatic N) is 2. The summed E-state index contributed by atoms with van der Waals surface area (Å²) in [5, 5.41) is 8.39. The molecule has 1 fully saturated rings. The first-order valence-corrected chi connectivity index (χ1v) is 5.12. The summed E-state index contributed by atoms with van der Waals surface area (Å²) in [6.07, 6.45) is 2.58. The Hall–Kier alpha value is -0.340. The zero-order chi connectivity index (χ0) is 9.42. The van der Waals surface area contributed by atoms with Gasteiger partial charge in [0.1, 0.15) is 0 Å². The fraction of sp³-hybridized carbons (Fsp3) is 0.556. The highest BCUT2D eigenvalue weighted by molar-refractivity contribution is 6.31. The third-order valence-electron chi connectivity index (χ3n) is 2.57. The molecule has 1 unspecified atom stereocenters. The van der Waals surface area contributed by atoms with Crippen LogP contribution >= 0.6 is 23.2 Å². The fourth-order valence-electron chi connectivity index (χ4n) is 1.54. The molecule has 0 radical (unpaired) electrons. The van der Waals surface area contributed by atoms with E-state index in [4.69, 9.17) is 23.2 Å². The largest absolute Gasteiger partial charge is 0.155 e. The van der Waals surface area contributed by atoms with Gasteiger partial charge in [-0.2, -0.15) is 0 Å². The molecule has 1 aliphatic carbocycles. The van der Waals surface area contributed by atoms with Crippen molar-refractivity contribution in [3.05, 3.63) is 21.9 Å². The van der Waals surface area contributed by atoms with Gasteiger partial charge in [0.05, 0.1) is 0 Å². The van der Waals surface area contributed by atoms with Gasteiger partial charge in [0.25, 0.3) is 0 Å². The Kier molecular flexibility index (Phi) is 2.43. The minimum atomic E-state index is 0.423. The molecule has 0 aromatic carbocycles. The zero-order valence-electron chi connectivity index (χ0n) is 7.30. The van der Waals surface area contributed by atoms with Gasteiger partial charge in [-0.25, -0.2) is 0 Å². The van der Waals surface area contributed by atoms with Crippen molar-refractivity contribution in [1.82, 2.24) is 10.2 Å². The molecule has 13 heavy (non-hydrogen) atoms. The monoisotopic (exact) mass is 216 g/mol. The topological polar surface area (TPSA) is 25.8 Å². The van der Waals surface area contributed by atoms with E-state index in [9.17, 15) is 0 Å². The van der Waals surface area contributed by atoms with Gasteiger partial charge in [0, 0.05) is 0 Å². The van der Waals surface area contributed by atoms with Crippen LogP contribution in [0.3, 0.4) is 0 Å². The molecule has 70 valence electrons. The first kappa shape index (κ1) is 9.22. The maximum atomic E-state index is 5.93. The van der Waals surface area contributed by atoms with Crippen LogP contribution in [0, 0.1) is 5.92 Å². The molecule has 1 heterocycles. The van der Waals surface area contributed by atoms with E-state index >= 15 is 0 Å². The number of hydrogen-bond acceptors (Lipinski definition) is 2. The van der Waals surface area contributed by atoms with Gasteiger partial charge < -0.3 is 0 Å². The third-order valence-corrected chi connectivity index (χ3v) is 3.04. The first-order valence-electron chi connectivity index (χ1n) is 4.37. The lowest BCUT2D eigenvalue weighted by molar-refractivity contribution is 0.658. The van der Waals surface area contributed by atoms with Crippen LogP contribution in [0.2, 0.25) is 10.3 Å². The summed E-state index contributed by atoms with van der Waals surface area (Å²) in [6.45, 7) is 2.16. The van der Waals surface area contributed by atoms with Crippen molar-refractivity contribution >= 4 is 23.2 Å². The summed E-state index contributed by atoms with van der Waals surface area (Å²) in [5.41, 5.74) is 1.03. The van der Waals surface area contributed by atoms with Gasteiger partial charge in [-0.15, -0.1) is 10.2 Å². The Morgan fingerprint density at radius 2 is 2.08 bits per heavy atom. The molecule has 0 aliphatic heterocycles. The minimum Gasteiger partial charge on any atom is -0.137 e. The summed E-state index contributed by atoms with van der Waals surface area (Å²) < 4.78 is 0. The molecule has 0 spiro atoms. The highest BCUT2D eigenvalue weighted by Crippen LogP contribution is 2.43. The van der Waals surface area contributed by atoms with E-state index in [1.165, 1.54) is 12.8 Å². The van der Waals surface area contributed by atoms with E-state index < -0.39 is 0 Å². The Labute approximate surface area is 87.3 Å². The second kappa shape index (κ2) is 3.43. The maximum absolute atomic E-state index is 5.93. The molecule has 1 aromatic rings. The molecular formula is C9H10Cl2N2. The standard InChI is InChI=1S/C9H10Cl2N2/c1-5(6-2-3-6)7-4-8(10)12-13-9(7)11/h4-6H,2-3H2,1H3. The molecule has 0 bridgehead atoms. The van der Waals surface area contributed by atoms with Crippen molar-refractivity contribution in [2.45, 2.75) is 25.7 Å². The van der Waals surface area contributed by atoms with E-state index in [1.54, 1.807) is 0 Å². The molecule has 4 heteroatoms. The summed E-state index contributed by atoms with van der Waals surface area (Å²) in [5.74, 6) is 1.22. The fourth-order valence-corrected chi connectivity index (χ4v) is 1.96. The van der Waals surface area contributed by atoms with E-state index in [0.717, 1.165) is 11.5 Å². The summed E-state index contributed by atoms with van der Waals surface area (Å²) in [4.78, 5) is 0. The molecule has 2 nitrogen and oxygen atoms in total. The number of halogens is 2. The molecule has 1 aliphatic rings. The number of rotatable bonds is 2. The Morgan fingerprint density at radius 1 is 1.38 bits per heavy atom. The lowest BCUT2D eigenvalue weighted by Crippen LogP contribution is -1.99. The van der Waals surface area contributed by atoms with Crippen molar-refractivity contribution < 1.29 is 0 Å². The van der Waals surface area contributed by atoms with E-state index in [2.05, 4.69) is 17.1 Å². The summed E-state index contributed by atoms with van der Waals surface area (Å²) in [7, 11) is 0. The van der Waals surface area contributed by atoms with Gasteiger partial charge in [-0.1, -0.05) is 30.1 Å². The van der Waals surface area contributed by atoms with Crippen LogP contribution in [0.1, 0.15) is 31.2 Å². The highest BCUT2D eigenvalue weighted by atomic mass is 35.5. The first-order chi connectivity index (χ1) is 6.18. The van der Waals surface area contributed by atoms with Crippen molar-refractivity contribution in [2.75, 3.05) is 0 Å². The van der Waals surface area contributed by atoms with E-state index in [-0.39, 0.29) is 0 Å². The average molecular weight is 217 g/mol. The van der Waals surface area contributed by atoms with Crippen LogP contribution in [0.4, 0.5) is 0 Å². The van der Waals surface area contributed by atoms with Gasteiger partial charge >= 0.3 is 0 Å². The highest BCUT2D eigenvalue weighted by Gasteiger charge is 2.30. The van der Waals surface area contributed by atoms with Crippen molar-refractivity contribution in [2.24, 2.45) is 5.92 Å². The Morgan fingerprint density at radius 3 is 2.69 bits per heavy atom. The van der Waals surface area contributed by atoms with Crippen LogP contribution in [0.25, 0.3) is 0 Å². The number of hydrogen-bond donors (Lipinski definition) is 0. The van der Waals surface area contributed by atoms with Crippen LogP contribution in [0.5, 0.6) is 0 Å². The second-order valence-corrected chi connectivity index (χ2v) is 4.28. The zero-order valence-corrected chi connectivity index (χ0v) is 8.81. The lowest BCUT2D eigenvalue weighted by Gasteiger charge is -2.10. The molecule has 0 amide bonds. The third kappa shape index (κ3) is 1.94. The van der Waals surface area contributed by atoms with E-state index in [1.807, 2.05) is 6.07 Å². The summed E-state index contributed by atoms with van der Waals surface area (Å²) in [6, 6.07) is 1.82.